The molecular formula is C13H15N3O4. The summed E-state index contributed by atoms with van der Waals surface area (Å²) in [4.78, 5) is 28.8. The van der Waals surface area contributed by atoms with Crippen LogP contribution in [0, 0.1) is 0 Å². The molecule has 2 atom stereocenters. The van der Waals surface area contributed by atoms with Crippen LogP contribution < -0.4 is 10.9 Å². The second kappa shape index (κ2) is 5.81. The van der Waals surface area contributed by atoms with E-state index >= 15 is 0 Å². The van der Waals surface area contributed by atoms with E-state index in [0.717, 1.165) is 0 Å². The smallest absolute Gasteiger partial charge is 0.258 e. The lowest BCUT2D eigenvalue weighted by atomic mass is 10.0. The highest BCUT2D eigenvalue weighted by molar-refractivity contribution is 5.78. The number of carbonyl (C=O) groups is 1. The van der Waals surface area contributed by atoms with Crippen molar-refractivity contribution in [1.29, 1.82) is 0 Å². The predicted molar refractivity (Wildman–Crippen MR) is 72.0 cm³/mol. The third-order valence-electron chi connectivity index (χ3n) is 2.93. The van der Waals surface area contributed by atoms with Crippen LogP contribution in [0.3, 0.4) is 0 Å². The lowest BCUT2D eigenvalue weighted by molar-refractivity contribution is -0.119. The molecule has 0 saturated heterocycles. The van der Waals surface area contributed by atoms with Gasteiger partial charge in [0.2, 0.25) is 5.91 Å². The molecule has 4 N–H and O–H groups in total. The summed E-state index contributed by atoms with van der Waals surface area (Å²) in [6.07, 6.45) is -1.06. The van der Waals surface area contributed by atoms with Crippen LogP contribution in [0.1, 0.15) is 18.6 Å². The number of amides is 1. The van der Waals surface area contributed by atoms with Crippen LogP contribution in [0.2, 0.25) is 0 Å². The standard InChI is InChI=1S/C13H15N3O4/c1-7(17)14-5-11(18)12(19)8-2-3-10-9(4-8)13(20)16-6-15-10/h2-4,6,11-12,18-19H,5H2,1H3,(H,14,17)(H,15,16,20). The lowest BCUT2D eigenvalue weighted by Gasteiger charge is -2.18. The highest BCUT2D eigenvalue weighted by Gasteiger charge is 2.19. The molecule has 7 heteroatoms. The SMILES string of the molecule is CC(=O)NCC(O)C(O)c1ccc2nc[nH]c(=O)c2c1. The van der Waals surface area contributed by atoms with Crippen molar-refractivity contribution >= 4 is 16.8 Å². The fraction of sp³-hybridized carbons (Fsp3) is 0.308. The Hall–Kier alpha value is -2.25. The molecular weight excluding hydrogens is 262 g/mol. The minimum absolute atomic E-state index is 0.0715. The van der Waals surface area contributed by atoms with E-state index < -0.39 is 12.2 Å². The van der Waals surface area contributed by atoms with E-state index in [1.165, 1.54) is 19.3 Å². The van der Waals surface area contributed by atoms with Gasteiger partial charge in [-0.15, -0.1) is 0 Å². The first-order valence-corrected chi connectivity index (χ1v) is 6.07. The number of carbonyl (C=O) groups excluding carboxylic acids is 1. The number of benzene rings is 1. The van der Waals surface area contributed by atoms with Gasteiger partial charge in [0.1, 0.15) is 12.2 Å². The number of nitrogens with one attached hydrogen (secondary N) is 2. The molecule has 7 nitrogen and oxygen atoms in total. The van der Waals surface area contributed by atoms with Crippen LogP contribution in [0.5, 0.6) is 0 Å². The second-order valence-electron chi connectivity index (χ2n) is 4.46. The number of aliphatic hydroxyl groups is 2. The van der Waals surface area contributed by atoms with Crippen molar-refractivity contribution in [1.82, 2.24) is 15.3 Å². The van der Waals surface area contributed by atoms with Gasteiger partial charge in [-0.3, -0.25) is 9.59 Å². The van der Waals surface area contributed by atoms with Crippen molar-refractivity contribution in [3.05, 3.63) is 40.4 Å². The topological polar surface area (TPSA) is 115 Å². The summed E-state index contributed by atoms with van der Waals surface area (Å²) in [5.74, 6) is -0.296. The Morgan fingerprint density at radius 3 is 2.90 bits per heavy atom. The van der Waals surface area contributed by atoms with Gasteiger partial charge in [0.05, 0.1) is 17.2 Å². The Morgan fingerprint density at radius 1 is 1.45 bits per heavy atom. The average Bonchev–Trinajstić information content (AvgIpc) is 2.44. The van der Waals surface area contributed by atoms with Gasteiger partial charge in [-0.25, -0.2) is 4.98 Å². The van der Waals surface area contributed by atoms with Crippen molar-refractivity contribution in [2.75, 3.05) is 6.54 Å². The van der Waals surface area contributed by atoms with Crippen LogP contribution in [-0.2, 0) is 4.79 Å². The number of hydrogen-bond acceptors (Lipinski definition) is 5. The number of H-pyrrole nitrogens is 1. The van der Waals surface area contributed by atoms with Crippen molar-refractivity contribution in [3.8, 4) is 0 Å². The zero-order valence-corrected chi connectivity index (χ0v) is 10.8. The van der Waals surface area contributed by atoms with Gasteiger partial charge in [0, 0.05) is 13.5 Å². The van der Waals surface area contributed by atoms with Gasteiger partial charge >= 0.3 is 0 Å². The molecule has 2 unspecified atom stereocenters. The van der Waals surface area contributed by atoms with Crippen LogP contribution in [0.4, 0.5) is 0 Å². The summed E-state index contributed by atoms with van der Waals surface area (Å²) in [5.41, 5.74) is 0.565. The van der Waals surface area contributed by atoms with E-state index in [1.54, 1.807) is 12.1 Å². The molecule has 0 aliphatic heterocycles. The van der Waals surface area contributed by atoms with Crippen molar-refractivity contribution in [2.45, 2.75) is 19.1 Å². The number of nitrogens with zero attached hydrogens (tertiary/aromatic N) is 1. The largest absolute Gasteiger partial charge is 0.388 e. The summed E-state index contributed by atoms with van der Waals surface area (Å²) in [7, 11) is 0. The van der Waals surface area contributed by atoms with E-state index in [-0.39, 0.29) is 18.0 Å². The Kier molecular flexibility index (Phi) is 4.11. The van der Waals surface area contributed by atoms with Crippen LogP contribution in [0.15, 0.2) is 29.3 Å². The zero-order valence-electron chi connectivity index (χ0n) is 10.8. The quantitative estimate of drug-likeness (QED) is 0.598. The molecule has 2 rings (SSSR count). The van der Waals surface area contributed by atoms with E-state index in [0.29, 0.717) is 16.5 Å². The molecule has 20 heavy (non-hydrogen) atoms. The van der Waals surface area contributed by atoms with E-state index in [4.69, 9.17) is 0 Å². The molecule has 0 saturated carbocycles. The molecule has 0 fully saturated rings. The van der Waals surface area contributed by atoms with Gasteiger partial charge in [-0.05, 0) is 17.7 Å². The Labute approximate surface area is 114 Å². The summed E-state index contributed by atoms with van der Waals surface area (Å²) >= 11 is 0. The third-order valence-corrected chi connectivity index (χ3v) is 2.93. The Morgan fingerprint density at radius 2 is 2.20 bits per heavy atom. The minimum atomic E-state index is -1.20. The normalized spacial score (nSPS) is 13.9. The molecule has 1 heterocycles. The fourth-order valence-corrected chi connectivity index (χ4v) is 1.85. The number of hydrogen-bond donors (Lipinski definition) is 4. The van der Waals surface area contributed by atoms with Gasteiger partial charge < -0.3 is 20.5 Å². The van der Waals surface area contributed by atoms with Crippen LogP contribution in [0.25, 0.3) is 10.9 Å². The first-order valence-electron chi connectivity index (χ1n) is 6.07. The number of aliphatic hydroxyl groups excluding tert-OH is 2. The number of fused-ring (bicyclic) bond motifs is 1. The van der Waals surface area contributed by atoms with Crippen molar-refractivity contribution < 1.29 is 15.0 Å². The first kappa shape index (κ1) is 14.2. The average molecular weight is 277 g/mol. The van der Waals surface area contributed by atoms with Gasteiger partial charge in [0.25, 0.3) is 5.56 Å². The Balaban J connectivity index is 2.26. The maximum absolute atomic E-state index is 11.6. The molecule has 2 aromatic rings. The number of aromatic nitrogens is 2. The van der Waals surface area contributed by atoms with Crippen molar-refractivity contribution in [2.24, 2.45) is 0 Å². The lowest BCUT2D eigenvalue weighted by Crippen LogP contribution is -2.34. The minimum Gasteiger partial charge on any atom is -0.388 e. The molecule has 1 aromatic heterocycles. The molecule has 0 bridgehead atoms. The Bertz CT molecular complexity index is 683. The highest BCUT2D eigenvalue weighted by atomic mass is 16.3. The van der Waals surface area contributed by atoms with Crippen molar-refractivity contribution in [3.63, 3.8) is 0 Å². The summed E-state index contributed by atoms with van der Waals surface area (Å²) < 4.78 is 0. The number of rotatable bonds is 4. The molecule has 0 spiro atoms. The fourth-order valence-electron chi connectivity index (χ4n) is 1.85. The molecule has 1 aromatic carbocycles. The van der Waals surface area contributed by atoms with Gasteiger partial charge in [-0.2, -0.15) is 0 Å². The molecule has 106 valence electrons. The zero-order chi connectivity index (χ0) is 14.7. The third kappa shape index (κ3) is 3.01. The second-order valence-corrected chi connectivity index (χ2v) is 4.46. The molecule has 0 aliphatic carbocycles. The molecule has 0 aliphatic rings. The van der Waals surface area contributed by atoms with E-state index in [1.807, 2.05) is 0 Å². The molecule has 1 amide bonds. The summed E-state index contributed by atoms with van der Waals surface area (Å²) in [6, 6.07) is 4.65. The van der Waals surface area contributed by atoms with E-state index in [9.17, 15) is 19.8 Å². The first-order chi connectivity index (χ1) is 9.49. The summed E-state index contributed by atoms with van der Waals surface area (Å²) in [6.45, 7) is 1.25. The maximum Gasteiger partial charge on any atom is 0.258 e. The van der Waals surface area contributed by atoms with Crippen LogP contribution >= 0.6 is 0 Å². The van der Waals surface area contributed by atoms with E-state index in [2.05, 4.69) is 15.3 Å². The van der Waals surface area contributed by atoms with Gasteiger partial charge in [0.15, 0.2) is 0 Å². The predicted octanol–water partition coefficient (Wildman–Crippen LogP) is -0.547. The highest BCUT2D eigenvalue weighted by Crippen LogP contribution is 2.19. The van der Waals surface area contributed by atoms with Gasteiger partial charge in [-0.1, -0.05) is 6.07 Å². The monoisotopic (exact) mass is 277 g/mol. The van der Waals surface area contributed by atoms with Crippen LogP contribution in [-0.4, -0.2) is 38.7 Å². The summed E-state index contributed by atoms with van der Waals surface area (Å²) in [5, 5.41) is 22.6. The number of aromatic amines is 1. The molecule has 0 radical (unpaired) electrons. The maximum atomic E-state index is 11.6.